The highest BCUT2D eigenvalue weighted by atomic mass is 16.5. The summed E-state index contributed by atoms with van der Waals surface area (Å²) in [5.74, 6) is 1.64. The van der Waals surface area contributed by atoms with Crippen LogP contribution in [0.3, 0.4) is 0 Å². The van der Waals surface area contributed by atoms with E-state index in [-0.39, 0.29) is 12.6 Å². The molecule has 1 unspecified atom stereocenters. The monoisotopic (exact) mass is 237 g/mol. The van der Waals surface area contributed by atoms with E-state index in [9.17, 15) is 0 Å². The molecule has 2 rings (SSSR count). The summed E-state index contributed by atoms with van der Waals surface area (Å²) in [7, 11) is 0. The number of nitrogens with one attached hydrogen (secondary N) is 1. The van der Waals surface area contributed by atoms with Gasteiger partial charge in [-0.25, -0.2) is 0 Å². The van der Waals surface area contributed by atoms with Gasteiger partial charge in [0.15, 0.2) is 11.5 Å². The van der Waals surface area contributed by atoms with Crippen LogP contribution in [0.15, 0.2) is 18.2 Å². The van der Waals surface area contributed by atoms with Crippen molar-refractivity contribution in [2.75, 3.05) is 19.8 Å². The van der Waals surface area contributed by atoms with Crippen molar-refractivity contribution < 1.29 is 14.6 Å². The van der Waals surface area contributed by atoms with Crippen LogP contribution in [0.2, 0.25) is 0 Å². The minimum Gasteiger partial charge on any atom is -0.490 e. The molecule has 1 heterocycles. The first kappa shape index (κ1) is 12.2. The van der Waals surface area contributed by atoms with Crippen LogP contribution in [-0.2, 0) is 6.54 Å². The van der Waals surface area contributed by atoms with Gasteiger partial charge in [-0.1, -0.05) is 6.07 Å². The first-order chi connectivity index (χ1) is 8.29. The SMILES string of the molecule is CC(CO)NCc1ccc2c(c1)OCCCO2. The minimum absolute atomic E-state index is 0.103. The van der Waals surface area contributed by atoms with E-state index in [1.807, 2.05) is 25.1 Å². The van der Waals surface area contributed by atoms with Gasteiger partial charge in [0.05, 0.1) is 19.8 Å². The van der Waals surface area contributed by atoms with E-state index in [1.54, 1.807) is 0 Å². The first-order valence-corrected chi connectivity index (χ1v) is 6.02. The lowest BCUT2D eigenvalue weighted by atomic mass is 10.2. The van der Waals surface area contributed by atoms with E-state index in [4.69, 9.17) is 14.6 Å². The first-order valence-electron chi connectivity index (χ1n) is 6.02. The Morgan fingerprint density at radius 2 is 2.06 bits per heavy atom. The van der Waals surface area contributed by atoms with Crippen molar-refractivity contribution in [3.8, 4) is 11.5 Å². The molecule has 17 heavy (non-hydrogen) atoms. The summed E-state index contributed by atoms with van der Waals surface area (Å²) in [5.41, 5.74) is 1.13. The van der Waals surface area contributed by atoms with Crippen LogP contribution in [0.5, 0.6) is 11.5 Å². The van der Waals surface area contributed by atoms with Gasteiger partial charge in [-0.2, -0.15) is 0 Å². The van der Waals surface area contributed by atoms with Crippen LogP contribution in [-0.4, -0.2) is 31.0 Å². The predicted octanol–water partition coefficient (Wildman–Crippen LogP) is 1.32. The molecule has 4 heteroatoms. The van der Waals surface area contributed by atoms with E-state index < -0.39 is 0 Å². The summed E-state index contributed by atoms with van der Waals surface area (Å²) in [6, 6.07) is 6.06. The third-order valence-electron chi connectivity index (χ3n) is 2.74. The minimum atomic E-state index is 0.103. The number of ether oxygens (including phenoxy) is 2. The smallest absolute Gasteiger partial charge is 0.161 e. The molecule has 0 saturated carbocycles. The van der Waals surface area contributed by atoms with Gasteiger partial charge < -0.3 is 19.9 Å². The fourth-order valence-electron chi connectivity index (χ4n) is 1.67. The van der Waals surface area contributed by atoms with E-state index in [0.717, 1.165) is 30.0 Å². The maximum Gasteiger partial charge on any atom is 0.161 e. The van der Waals surface area contributed by atoms with Crippen LogP contribution in [0.4, 0.5) is 0 Å². The van der Waals surface area contributed by atoms with Crippen molar-refractivity contribution in [2.45, 2.75) is 25.9 Å². The molecular formula is C13H19NO3. The van der Waals surface area contributed by atoms with Crippen molar-refractivity contribution in [3.05, 3.63) is 23.8 Å². The molecule has 0 saturated heterocycles. The van der Waals surface area contributed by atoms with Crippen molar-refractivity contribution in [1.82, 2.24) is 5.32 Å². The Kier molecular flexibility index (Phi) is 4.23. The second-order valence-corrected chi connectivity index (χ2v) is 4.30. The summed E-state index contributed by atoms with van der Waals surface area (Å²) in [4.78, 5) is 0. The summed E-state index contributed by atoms with van der Waals surface area (Å²) in [6.07, 6.45) is 0.920. The highest BCUT2D eigenvalue weighted by Gasteiger charge is 2.10. The van der Waals surface area contributed by atoms with Gasteiger partial charge in [-0.3, -0.25) is 0 Å². The molecule has 0 bridgehead atoms. The molecule has 1 atom stereocenters. The second-order valence-electron chi connectivity index (χ2n) is 4.30. The number of aliphatic hydroxyl groups is 1. The van der Waals surface area contributed by atoms with Crippen molar-refractivity contribution in [1.29, 1.82) is 0 Å². The second kappa shape index (κ2) is 5.89. The molecule has 1 aromatic carbocycles. The molecule has 1 aliphatic heterocycles. The van der Waals surface area contributed by atoms with E-state index >= 15 is 0 Å². The topological polar surface area (TPSA) is 50.7 Å². The number of rotatable bonds is 4. The average molecular weight is 237 g/mol. The lowest BCUT2D eigenvalue weighted by Crippen LogP contribution is -2.28. The lowest BCUT2D eigenvalue weighted by Gasteiger charge is -2.12. The standard InChI is InChI=1S/C13H19NO3/c1-10(9-15)14-8-11-3-4-12-13(7-11)17-6-2-5-16-12/h3-4,7,10,14-15H,2,5-6,8-9H2,1H3. The molecule has 0 radical (unpaired) electrons. The zero-order chi connectivity index (χ0) is 12.1. The van der Waals surface area contributed by atoms with Gasteiger partial charge in [0.2, 0.25) is 0 Å². The van der Waals surface area contributed by atoms with Gasteiger partial charge in [0, 0.05) is 19.0 Å². The van der Waals surface area contributed by atoms with E-state index in [1.165, 1.54) is 0 Å². The third-order valence-corrected chi connectivity index (χ3v) is 2.74. The fraction of sp³-hybridized carbons (Fsp3) is 0.538. The molecule has 0 fully saturated rings. The zero-order valence-corrected chi connectivity index (χ0v) is 10.1. The van der Waals surface area contributed by atoms with Crippen molar-refractivity contribution in [2.24, 2.45) is 0 Å². The Bertz CT molecular complexity index is 368. The number of aliphatic hydroxyl groups excluding tert-OH is 1. The maximum absolute atomic E-state index is 8.93. The van der Waals surface area contributed by atoms with Crippen LogP contribution in [0, 0.1) is 0 Å². The zero-order valence-electron chi connectivity index (χ0n) is 10.1. The number of hydrogen-bond donors (Lipinski definition) is 2. The Balaban J connectivity index is 2.02. The molecule has 1 aromatic rings. The summed E-state index contributed by atoms with van der Waals surface area (Å²) >= 11 is 0. The molecule has 2 N–H and O–H groups in total. The quantitative estimate of drug-likeness (QED) is 0.829. The maximum atomic E-state index is 8.93. The molecule has 0 aromatic heterocycles. The Morgan fingerprint density at radius 3 is 2.82 bits per heavy atom. The Labute approximate surface area is 102 Å². The van der Waals surface area contributed by atoms with Gasteiger partial charge in [0.25, 0.3) is 0 Å². The molecule has 94 valence electrons. The number of benzene rings is 1. The van der Waals surface area contributed by atoms with E-state index in [0.29, 0.717) is 13.2 Å². The van der Waals surface area contributed by atoms with Crippen LogP contribution in [0.1, 0.15) is 18.9 Å². The number of hydrogen-bond acceptors (Lipinski definition) is 4. The van der Waals surface area contributed by atoms with Crippen molar-refractivity contribution in [3.63, 3.8) is 0 Å². The Hall–Kier alpha value is -1.26. The molecule has 0 spiro atoms. The summed E-state index contributed by atoms with van der Waals surface area (Å²) < 4.78 is 11.2. The molecule has 1 aliphatic rings. The molecule has 0 amide bonds. The molecule has 4 nitrogen and oxygen atoms in total. The predicted molar refractivity (Wildman–Crippen MR) is 65.4 cm³/mol. The lowest BCUT2D eigenvalue weighted by molar-refractivity contribution is 0.251. The fourth-order valence-corrected chi connectivity index (χ4v) is 1.67. The molecule has 0 aliphatic carbocycles. The summed E-state index contributed by atoms with van der Waals surface area (Å²) in [5, 5.41) is 12.2. The van der Waals surface area contributed by atoms with Crippen LogP contribution >= 0.6 is 0 Å². The highest BCUT2D eigenvalue weighted by Crippen LogP contribution is 2.30. The van der Waals surface area contributed by atoms with Crippen molar-refractivity contribution >= 4 is 0 Å². The average Bonchev–Trinajstić information content (AvgIpc) is 2.60. The van der Waals surface area contributed by atoms with Gasteiger partial charge >= 0.3 is 0 Å². The van der Waals surface area contributed by atoms with Crippen LogP contribution in [0.25, 0.3) is 0 Å². The van der Waals surface area contributed by atoms with E-state index in [2.05, 4.69) is 5.32 Å². The Morgan fingerprint density at radius 1 is 1.29 bits per heavy atom. The molecular weight excluding hydrogens is 218 g/mol. The number of fused-ring (bicyclic) bond motifs is 1. The normalized spacial score (nSPS) is 16.4. The third kappa shape index (κ3) is 3.35. The van der Waals surface area contributed by atoms with Crippen LogP contribution < -0.4 is 14.8 Å². The van der Waals surface area contributed by atoms with Gasteiger partial charge in [-0.15, -0.1) is 0 Å². The van der Waals surface area contributed by atoms with Gasteiger partial charge in [0.1, 0.15) is 0 Å². The largest absolute Gasteiger partial charge is 0.490 e. The van der Waals surface area contributed by atoms with Gasteiger partial charge in [-0.05, 0) is 24.6 Å². The summed E-state index contributed by atoms with van der Waals surface area (Å²) in [6.45, 7) is 4.23. The highest BCUT2D eigenvalue weighted by molar-refractivity contribution is 5.43.